The quantitative estimate of drug-likeness (QED) is 0.390. The van der Waals surface area contributed by atoms with Gasteiger partial charge in [0, 0.05) is 29.8 Å². The summed E-state index contributed by atoms with van der Waals surface area (Å²) in [5, 5.41) is 7.14. The van der Waals surface area contributed by atoms with Crippen LogP contribution in [-0.2, 0) is 25.9 Å². The second kappa shape index (κ2) is 11.4. The molecule has 0 fully saturated rings. The Morgan fingerprint density at radius 3 is 2.73 bits per heavy atom. The zero-order chi connectivity index (χ0) is 18.1. The minimum absolute atomic E-state index is 0. The zero-order valence-electron chi connectivity index (χ0n) is 13.4. The molecule has 0 aliphatic carbocycles. The molecule has 134 valence electrons. The van der Waals surface area contributed by atoms with E-state index in [4.69, 9.17) is 5.73 Å². The van der Waals surface area contributed by atoms with E-state index in [9.17, 15) is 9.18 Å². The van der Waals surface area contributed by atoms with E-state index < -0.39 is 5.91 Å². The molecule has 3 aromatic rings. The van der Waals surface area contributed by atoms with Crippen LogP contribution in [0.5, 0.6) is 5.75 Å². The molecule has 1 aromatic carbocycles. The third kappa shape index (κ3) is 7.33. The number of amides is 1. The first-order valence-corrected chi connectivity index (χ1v) is 7.94. The standard InChI is InChI=1S/C9H9N5OS.C7H6FO.W/c10-7(15)5-16-9-12-8(13-14-9)6-2-1-3-11-4-6;1-9-7-4-2-3-6(8)5-7;/h1-4H,5H2,(H3,10,12,13,14,15);2-5H,1H2;/q;-1;+2/p-1. The monoisotopic (exact) mass is 543 g/mol. The van der Waals surface area contributed by atoms with Gasteiger partial charge in [-0.05, 0) is 24.3 Å². The van der Waals surface area contributed by atoms with Gasteiger partial charge in [-0.1, -0.05) is 17.8 Å². The summed E-state index contributed by atoms with van der Waals surface area (Å²) in [6.45, 7) is 0. The van der Waals surface area contributed by atoms with Crippen LogP contribution in [0.15, 0.2) is 53.9 Å². The first-order chi connectivity index (χ1) is 12.1. The Kier molecular flexibility index (Phi) is 9.54. The van der Waals surface area contributed by atoms with Gasteiger partial charge in [-0.3, -0.25) is 10.1 Å². The minimum Gasteiger partial charge on any atom is -0.667 e. The molecular weight excluding hydrogens is 529 g/mol. The van der Waals surface area contributed by atoms with Gasteiger partial charge < -0.3 is 15.3 Å². The van der Waals surface area contributed by atoms with Gasteiger partial charge in [0.2, 0.25) is 5.16 Å². The first-order valence-electron chi connectivity index (χ1n) is 6.96. The number of hydrogen-bond donors (Lipinski definition) is 1. The van der Waals surface area contributed by atoms with Crippen molar-refractivity contribution in [2.75, 3.05) is 5.75 Å². The molecule has 0 radical (unpaired) electrons. The van der Waals surface area contributed by atoms with Crippen LogP contribution in [0.2, 0.25) is 0 Å². The van der Waals surface area contributed by atoms with Gasteiger partial charge in [0.15, 0.2) is 5.82 Å². The molecule has 0 saturated heterocycles. The molecule has 2 aromatic heterocycles. The molecule has 0 unspecified atom stereocenters. The summed E-state index contributed by atoms with van der Waals surface area (Å²) in [5.74, 6) is 0.154. The summed E-state index contributed by atoms with van der Waals surface area (Å²) in [6, 6.07) is 9.48. The molecular formula is C16H14FN5O2SW. The minimum atomic E-state index is -0.641. The van der Waals surface area contributed by atoms with Crippen molar-refractivity contribution in [3.63, 3.8) is 0 Å². The average Bonchev–Trinajstić information content (AvgIpc) is 3.10. The van der Waals surface area contributed by atoms with Crippen molar-refractivity contribution in [2.24, 2.45) is 0 Å². The predicted molar refractivity (Wildman–Crippen MR) is 92.1 cm³/mol. The Labute approximate surface area is 168 Å². The van der Waals surface area contributed by atoms with E-state index in [0.29, 0.717) is 16.7 Å². The predicted octanol–water partition coefficient (Wildman–Crippen LogP) is 3.53. The number of rotatable bonds is 5. The summed E-state index contributed by atoms with van der Waals surface area (Å²) >= 11 is 1.13. The van der Waals surface area contributed by atoms with Crippen molar-refractivity contribution in [3.8, 4) is 17.1 Å². The van der Waals surface area contributed by atoms with Gasteiger partial charge in [-0.25, -0.2) is 9.37 Å². The third-order valence-corrected chi connectivity index (χ3v) is 3.54. The summed E-state index contributed by atoms with van der Waals surface area (Å²) in [6.07, 6.45) is 3.35. The maximum atomic E-state index is 12.2. The number of aromatic nitrogens is 4. The van der Waals surface area contributed by atoms with E-state index in [1.54, 1.807) is 30.6 Å². The molecule has 0 aliphatic rings. The van der Waals surface area contributed by atoms with E-state index in [1.165, 1.54) is 12.1 Å². The number of thioether (sulfide) groups is 1. The molecule has 0 bridgehead atoms. The van der Waals surface area contributed by atoms with Gasteiger partial charge in [0.25, 0.3) is 0 Å². The van der Waals surface area contributed by atoms with E-state index >= 15 is 0 Å². The third-order valence-electron chi connectivity index (χ3n) is 2.69. The number of carbonyl (C=O) groups is 1. The second-order valence-electron chi connectivity index (χ2n) is 4.52. The average molecular weight is 543 g/mol. The largest absolute Gasteiger partial charge is 2.00 e. The van der Waals surface area contributed by atoms with Crippen LogP contribution < -0.4 is 4.74 Å². The number of benzene rings is 1. The van der Waals surface area contributed by atoms with Crippen molar-refractivity contribution in [1.29, 1.82) is 0 Å². The van der Waals surface area contributed by atoms with Crippen molar-refractivity contribution >= 4 is 17.7 Å². The number of ether oxygens (including phenoxy) is 1. The van der Waals surface area contributed by atoms with E-state index in [2.05, 4.69) is 32.0 Å². The van der Waals surface area contributed by atoms with Crippen LogP contribution in [0.1, 0.15) is 0 Å². The van der Waals surface area contributed by atoms with Crippen molar-refractivity contribution in [1.82, 2.24) is 20.2 Å². The number of nitrogens with zero attached hydrogens (tertiary/aromatic N) is 3. The molecule has 10 heteroatoms. The van der Waals surface area contributed by atoms with Gasteiger partial charge >= 0.3 is 21.1 Å². The van der Waals surface area contributed by atoms with Crippen LogP contribution >= 0.6 is 11.8 Å². The topological polar surface area (TPSA) is 105 Å². The Hall–Kier alpha value is -2.25. The number of halogens is 1. The fraction of sp³-hybridized carbons (Fsp3) is 0.0625. The number of carbonyl (C=O) groups excluding carboxylic acids is 1. The molecule has 0 spiro atoms. The zero-order valence-corrected chi connectivity index (χ0v) is 17.1. The van der Waals surface area contributed by atoms with Crippen LogP contribution in [-0.4, -0.2) is 31.8 Å². The van der Waals surface area contributed by atoms with Crippen LogP contribution in [0, 0.1) is 12.9 Å². The first kappa shape index (κ1) is 21.8. The maximum absolute atomic E-state index is 12.2. The Bertz CT molecular complexity index is 819. The molecule has 3 rings (SSSR count). The molecule has 0 saturated carbocycles. The Morgan fingerprint density at radius 2 is 2.15 bits per heavy atom. The Morgan fingerprint density at radius 1 is 1.35 bits per heavy atom. The van der Waals surface area contributed by atoms with Gasteiger partial charge in [-0.15, -0.1) is 5.10 Å². The van der Waals surface area contributed by atoms with Gasteiger partial charge in [-0.2, -0.15) is 7.11 Å². The SMILES string of the molecule is [CH2-]Oc1cccc(F)c1.[NH-]C(=O)CSc1n[nH]c(-c2cccnc2)n1.[W+2]. The molecule has 2 heterocycles. The number of aromatic amines is 1. The van der Waals surface area contributed by atoms with E-state index in [1.807, 2.05) is 6.07 Å². The second-order valence-corrected chi connectivity index (χ2v) is 5.46. The smallest absolute Gasteiger partial charge is 0.667 e. The summed E-state index contributed by atoms with van der Waals surface area (Å²) in [5.41, 5.74) is 7.59. The summed E-state index contributed by atoms with van der Waals surface area (Å²) in [7, 11) is 3.13. The van der Waals surface area contributed by atoms with Gasteiger partial charge in [0.1, 0.15) is 5.82 Å². The maximum Gasteiger partial charge on any atom is 2.00 e. The van der Waals surface area contributed by atoms with E-state index in [0.717, 1.165) is 17.3 Å². The molecule has 26 heavy (non-hydrogen) atoms. The van der Waals surface area contributed by atoms with Crippen molar-refractivity contribution < 1.29 is 35.0 Å². The number of nitrogens with one attached hydrogen (secondary N) is 2. The van der Waals surface area contributed by atoms with Crippen LogP contribution in [0.4, 0.5) is 4.39 Å². The summed E-state index contributed by atoms with van der Waals surface area (Å²) < 4.78 is 16.8. The fourth-order valence-corrected chi connectivity index (χ4v) is 2.16. The van der Waals surface area contributed by atoms with Crippen molar-refractivity contribution in [2.45, 2.75) is 5.16 Å². The summed E-state index contributed by atoms with van der Waals surface area (Å²) in [4.78, 5) is 18.6. The number of pyridine rings is 1. The molecule has 0 aliphatic heterocycles. The number of H-pyrrole nitrogens is 1. The normalized spacial score (nSPS) is 9.46. The van der Waals surface area contributed by atoms with Crippen LogP contribution in [0.3, 0.4) is 0 Å². The van der Waals surface area contributed by atoms with Crippen LogP contribution in [0.25, 0.3) is 17.1 Å². The molecule has 2 N–H and O–H groups in total. The Balaban J connectivity index is 0.000000290. The van der Waals surface area contributed by atoms with E-state index in [-0.39, 0.29) is 32.6 Å². The fourth-order valence-electron chi connectivity index (χ4n) is 1.63. The number of hydrogen-bond acceptors (Lipinski definition) is 6. The molecule has 7 nitrogen and oxygen atoms in total. The van der Waals surface area contributed by atoms with Gasteiger partial charge in [0.05, 0.1) is 11.7 Å². The van der Waals surface area contributed by atoms with Crippen molar-refractivity contribution in [3.05, 3.63) is 67.5 Å². The molecule has 0 atom stereocenters. The molecule has 1 amide bonds.